The molecule has 0 fully saturated rings. The van der Waals surface area contributed by atoms with E-state index in [0.29, 0.717) is 47.2 Å². The van der Waals surface area contributed by atoms with Gasteiger partial charge in [-0.3, -0.25) is 9.36 Å². The number of carbonyl (C=O) groups is 1. The van der Waals surface area contributed by atoms with Gasteiger partial charge >= 0.3 is 5.97 Å². The van der Waals surface area contributed by atoms with Gasteiger partial charge in [0.2, 0.25) is 0 Å². The van der Waals surface area contributed by atoms with E-state index in [1.54, 1.807) is 55.5 Å². The zero-order chi connectivity index (χ0) is 33.1. The molecule has 0 aliphatic carbocycles. The Morgan fingerprint density at radius 1 is 1.06 bits per heavy atom. The van der Waals surface area contributed by atoms with Crippen molar-refractivity contribution in [2.75, 3.05) is 13.7 Å². The van der Waals surface area contributed by atoms with Crippen molar-refractivity contribution >= 4 is 56.6 Å². The molecule has 1 atom stereocenters. The number of thiazole rings is 1. The highest BCUT2D eigenvalue weighted by Crippen LogP contribution is 2.38. The van der Waals surface area contributed by atoms with Crippen LogP contribution in [0, 0.1) is 5.82 Å². The zero-order valence-electron chi connectivity index (χ0n) is 25.2. The van der Waals surface area contributed by atoms with E-state index in [1.807, 2.05) is 36.4 Å². The minimum Gasteiger partial charge on any atom is -0.493 e. The predicted molar refractivity (Wildman–Crippen MR) is 184 cm³/mol. The van der Waals surface area contributed by atoms with Gasteiger partial charge in [-0.05, 0) is 82.0 Å². The molecule has 5 aromatic rings. The molecule has 1 aliphatic rings. The summed E-state index contributed by atoms with van der Waals surface area (Å²) in [7, 11) is 1.53. The summed E-state index contributed by atoms with van der Waals surface area (Å²) in [5.74, 6) is 0.0181. The molecular formula is C36H27BrClFN2O5S. The second-order valence-electron chi connectivity index (χ2n) is 10.4. The molecule has 0 unspecified atom stereocenters. The zero-order valence-corrected chi connectivity index (χ0v) is 28.4. The number of carbonyl (C=O) groups excluding carboxylic acids is 1. The quantitative estimate of drug-likeness (QED) is 0.152. The Morgan fingerprint density at radius 2 is 1.79 bits per heavy atom. The smallest absolute Gasteiger partial charge is 0.338 e. The average molecular weight is 734 g/mol. The first kappa shape index (κ1) is 32.4. The summed E-state index contributed by atoms with van der Waals surface area (Å²) in [5, 5.41) is 0.524. The normalized spacial score (nSPS) is 14.4. The molecule has 47 heavy (non-hydrogen) atoms. The lowest BCUT2D eigenvalue weighted by molar-refractivity contribution is -0.138. The van der Waals surface area contributed by atoms with Crippen LogP contribution in [-0.4, -0.2) is 24.3 Å². The number of halogens is 3. The van der Waals surface area contributed by atoms with Gasteiger partial charge in [0.25, 0.3) is 5.56 Å². The molecule has 0 bridgehead atoms. The molecule has 0 saturated carbocycles. The van der Waals surface area contributed by atoms with Gasteiger partial charge in [-0.1, -0.05) is 77.5 Å². The first-order chi connectivity index (χ1) is 22.8. The molecule has 0 amide bonds. The molecule has 7 nitrogen and oxygen atoms in total. The Kier molecular flexibility index (Phi) is 9.72. The summed E-state index contributed by atoms with van der Waals surface area (Å²) in [5.41, 5.74) is 3.23. The van der Waals surface area contributed by atoms with E-state index in [2.05, 4.69) is 15.9 Å². The van der Waals surface area contributed by atoms with E-state index in [0.717, 1.165) is 11.1 Å². The Labute approximate surface area is 287 Å². The number of nitrogens with zero attached hydrogens (tertiary/aromatic N) is 2. The van der Waals surface area contributed by atoms with Gasteiger partial charge in [0.15, 0.2) is 16.3 Å². The van der Waals surface area contributed by atoms with Crippen LogP contribution >= 0.6 is 38.9 Å². The Bertz CT molecular complexity index is 2160. The fourth-order valence-electron chi connectivity index (χ4n) is 5.25. The number of methoxy groups -OCH3 is 1. The van der Waals surface area contributed by atoms with Gasteiger partial charge in [0.1, 0.15) is 12.4 Å². The van der Waals surface area contributed by atoms with Gasteiger partial charge in [0, 0.05) is 10.6 Å². The fraction of sp³-hybridized carbons (Fsp3) is 0.139. The second kappa shape index (κ2) is 14.1. The number of ether oxygens (including phenoxy) is 3. The summed E-state index contributed by atoms with van der Waals surface area (Å²) in [4.78, 5) is 33.1. The number of aromatic nitrogens is 1. The molecule has 1 aliphatic heterocycles. The predicted octanol–water partition coefficient (Wildman–Crippen LogP) is 7.08. The molecule has 6 rings (SSSR count). The largest absolute Gasteiger partial charge is 0.493 e. The summed E-state index contributed by atoms with van der Waals surface area (Å²) < 4.78 is 33.0. The van der Waals surface area contributed by atoms with Crippen molar-refractivity contribution < 1.29 is 23.4 Å². The van der Waals surface area contributed by atoms with E-state index >= 15 is 0 Å². The number of fused-ring (bicyclic) bond motifs is 1. The van der Waals surface area contributed by atoms with Crippen molar-refractivity contribution in [1.29, 1.82) is 0 Å². The van der Waals surface area contributed by atoms with Gasteiger partial charge < -0.3 is 14.2 Å². The number of hydrogen-bond acceptors (Lipinski definition) is 7. The minimum absolute atomic E-state index is 0.155. The van der Waals surface area contributed by atoms with Crippen LogP contribution in [0.25, 0.3) is 11.8 Å². The molecule has 1 aromatic heterocycles. The van der Waals surface area contributed by atoms with E-state index in [4.69, 9.17) is 30.8 Å². The fourth-order valence-corrected chi connectivity index (χ4v) is 6.95. The van der Waals surface area contributed by atoms with Crippen molar-refractivity contribution in [2.45, 2.75) is 19.6 Å². The Morgan fingerprint density at radius 3 is 2.47 bits per heavy atom. The highest BCUT2D eigenvalue weighted by Gasteiger charge is 2.35. The van der Waals surface area contributed by atoms with Crippen molar-refractivity contribution in [1.82, 2.24) is 4.57 Å². The molecule has 4 aromatic carbocycles. The van der Waals surface area contributed by atoms with Gasteiger partial charge in [0.05, 0.1) is 40.0 Å². The molecule has 0 saturated heterocycles. The van der Waals surface area contributed by atoms with Crippen LogP contribution in [0.2, 0.25) is 5.02 Å². The number of benzene rings is 4. The third-order valence-electron chi connectivity index (χ3n) is 7.41. The second-order valence-corrected chi connectivity index (χ2v) is 12.7. The summed E-state index contributed by atoms with van der Waals surface area (Å²) in [6.07, 6.45) is 1.75. The highest BCUT2D eigenvalue weighted by molar-refractivity contribution is 9.10. The maximum atomic E-state index is 14.2. The number of hydrogen-bond donors (Lipinski definition) is 0. The standard InChI is InChI=1S/C36H27BrClFN2O5S/c1-3-45-35(43)30-31(23-7-5-4-6-8-23)40-36-41(32(30)24-11-13-25(38)14-12-24)34(42)29(47-36)19-22-17-27(37)33(28(18-22)44-2)46-20-21-9-15-26(39)16-10-21/h4-19,32H,3,20H2,1-2H3/b29-19-/t32-/m1/s1. The molecule has 0 N–H and O–H groups in total. The summed E-state index contributed by atoms with van der Waals surface area (Å²) in [6.45, 7) is 2.09. The topological polar surface area (TPSA) is 79.1 Å². The molecule has 0 spiro atoms. The van der Waals surface area contributed by atoms with Crippen LogP contribution in [-0.2, 0) is 16.1 Å². The van der Waals surface area contributed by atoms with Gasteiger partial charge in [-0.2, -0.15) is 0 Å². The molecule has 238 valence electrons. The molecule has 2 heterocycles. The lowest BCUT2D eigenvalue weighted by atomic mass is 9.93. The van der Waals surface area contributed by atoms with E-state index in [-0.39, 0.29) is 30.2 Å². The summed E-state index contributed by atoms with van der Waals surface area (Å²) in [6, 6.07) is 25.2. The highest BCUT2D eigenvalue weighted by atomic mass is 79.9. The lowest BCUT2D eigenvalue weighted by Gasteiger charge is -2.25. The van der Waals surface area contributed by atoms with Crippen LogP contribution in [0.15, 0.2) is 111 Å². The van der Waals surface area contributed by atoms with Crippen molar-refractivity contribution in [3.63, 3.8) is 0 Å². The maximum Gasteiger partial charge on any atom is 0.338 e. The third-order valence-corrected chi connectivity index (χ3v) is 9.23. The average Bonchev–Trinajstić information content (AvgIpc) is 3.38. The van der Waals surface area contributed by atoms with E-state index < -0.39 is 12.0 Å². The first-order valence-corrected chi connectivity index (χ1v) is 16.5. The van der Waals surface area contributed by atoms with Crippen LogP contribution in [0.1, 0.15) is 35.2 Å². The molecule has 11 heteroatoms. The minimum atomic E-state index is -0.816. The maximum absolute atomic E-state index is 14.2. The van der Waals surface area contributed by atoms with Crippen LogP contribution < -0.4 is 24.4 Å². The van der Waals surface area contributed by atoms with E-state index in [1.165, 1.54) is 35.1 Å². The van der Waals surface area contributed by atoms with Crippen LogP contribution in [0.5, 0.6) is 11.5 Å². The monoisotopic (exact) mass is 732 g/mol. The van der Waals surface area contributed by atoms with E-state index in [9.17, 15) is 14.0 Å². The van der Waals surface area contributed by atoms with Crippen molar-refractivity contribution in [2.24, 2.45) is 4.99 Å². The van der Waals surface area contributed by atoms with Crippen LogP contribution in [0.3, 0.4) is 0 Å². The first-order valence-electron chi connectivity index (χ1n) is 14.6. The Balaban J connectivity index is 1.48. The number of rotatable bonds is 9. The summed E-state index contributed by atoms with van der Waals surface area (Å²) >= 11 is 11.0. The SMILES string of the molecule is CCOC(=O)C1=C(c2ccccc2)N=c2s/c(=C\c3cc(Br)c(OCc4ccc(F)cc4)c(OC)c3)c(=O)n2[C@@H]1c1ccc(Cl)cc1. The van der Waals surface area contributed by atoms with Crippen molar-refractivity contribution in [3.05, 3.63) is 154 Å². The third kappa shape index (κ3) is 6.81. The molecular weight excluding hydrogens is 707 g/mol. The Hall–Kier alpha value is -4.51. The lowest BCUT2D eigenvalue weighted by Crippen LogP contribution is -2.40. The molecule has 0 radical (unpaired) electrons. The van der Waals surface area contributed by atoms with Gasteiger partial charge in [-0.15, -0.1) is 0 Å². The van der Waals surface area contributed by atoms with Crippen molar-refractivity contribution in [3.8, 4) is 11.5 Å². The van der Waals surface area contributed by atoms with Gasteiger partial charge in [-0.25, -0.2) is 14.2 Å². The number of esters is 1. The van der Waals surface area contributed by atoms with Crippen LogP contribution in [0.4, 0.5) is 4.39 Å².